The molecule has 0 saturated carbocycles. The molecule has 0 fully saturated rings. The molecule has 1 aromatic carbocycles. The van der Waals surface area contributed by atoms with E-state index in [9.17, 15) is 17.6 Å². The van der Waals surface area contributed by atoms with Crippen LogP contribution in [0.3, 0.4) is 0 Å². The molecule has 0 spiro atoms. The fraction of sp³-hybridized carbons (Fsp3) is 0.211. The number of alkyl halides is 4. The Bertz CT molecular complexity index is 1110. The van der Waals surface area contributed by atoms with Crippen LogP contribution in [0.25, 0.3) is 23.3 Å². The molecule has 144 valence electrons. The van der Waals surface area contributed by atoms with E-state index >= 15 is 0 Å². The lowest BCUT2D eigenvalue weighted by atomic mass is 10.1. The first-order valence-corrected chi connectivity index (χ1v) is 8.38. The summed E-state index contributed by atoms with van der Waals surface area (Å²) in [5, 5.41) is 8.11. The third kappa shape index (κ3) is 3.47. The molecule has 28 heavy (non-hydrogen) atoms. The van der Waals surface area contributed by atoms with E-state index < -0.39 is 24.1 Å². The maximum Gasteiger partial charge on any atom is 0.443 e. The van der Waals surface area contributed by atoms with Gasteiger partial charge in [0.25, 0.3) is 5.89 Å². The van der Waals surface area contributed by atoms with E-state index in [1.807, 2.05) is 18.2 Å². The summed E-state index contributed by atoms with van der Waals surface area (Å²) in [6.07, 6.45) is -2.63. The number of pyridine rings is 1. The van der Waals surface area contributed by atoms with Crippen LogP contribution in [0.1, 0.15) is 30.9 Å². The number of aromatic nitrogens is 3. The van der Waals surface area contributed by atoms with Crippen LogP contribution >= 0.6 is 0 Å². The highest BCUT2D eigenvalue weighted by Crippen LogP contribution is 2.33. The van der Waals surface area contributed by atoms with Crippen LogP contribution in [0.4, 0.5) is 17.6 Å². The molecular weight excluding hydrogens is 378 g/mol. The Kier molecular flexibility index (Phi) is 4.58. The third-order valence-corrected chi connectivity index (χ3v) is 4.18. The normalized spacial score (nSPS) is 14.0. The molecule has 1 aliphatic rings. The topological polar surface area (TPSA) is 61.0 Å². The number of ether oxygens (including phenoxy) is 1. The molecule has 1 aliphatic carbocycles. The molecule has 0 radical (unpaired) electrons. The van der Waals surface area contributed by atoms with Crippen molar-refractivity contribution in [1.29, 1.82) is 0 Å². The van der Waals surface area contributed by atoms with E-state index in [1.165, 1.54) is 6.07 Å². The van der Waals surface area contributed by atoms with Gasteiger partial charge in [-0.2, -0.15) is 17.6 Å². The molecule has 0 bridgehead atoms. The van der Waals surface area contributed by atoms with Crippen molar-refractivity contribution in [2.45, 2.75) is 25.4 Å². The molecule has 0 amide bonds. The molecule has 0 atom stereocenters. The number of hydrogen-bond acceptors (Lipinski definition) is 5. The fourth-order valence-electron chi connectivity index (χ4n) is 2.87. The second-order valence-electron chi connectivity index (χ2n) is 6.05. The summed E-state index contributed by atoms with van der Waals surface area (Å²) in [4.78, 5) is 3.69. The van der Waals surface area contributed by atoms with E-state index in [-0.39, 0.29) is 17.2 Å². The molecule has 2 aromatic heterocycles. The van der Waals surface area contributed by atoms with Crippen LogP contribution in [0.2, 0.25) is 0 Å². The summed E-state index contributed by atoms with van der Waals surface area (Å²) in [5.41, 5.74) is -0.478. The third-order valence-electron chi connectivity index (χ3n) is 4.18. The molecule has 2 heterocycles. The van der Waals surface area contributed by atoms with Crippen LogP contribution < -0.4 is 10.4 Å². The van der Waals surface area contributed by atoms with Crippen molar-refractivity contribution in [3.63, 3.8) is 0 Å². The fourth-order valence-corrected chi connectivity index (χ4v) is 2.87. The van der Waals surface area contributed by atoms with Gasteiger partial charge in [-0.3, -0.25) is 0 Å². The maximum atomic E-state index is 14.6. The monoisotopic (exact) mass is 391 g/mol. The Morgan fingerprint density at radius 2 is 1.89 bits per heavy atom. The van der Waals surface area contributed by atoms with Gasteiger partial charge in [-0.05, 0) is 23.8 Å². The van der Waals surface area contributed by atoms with Crippen molar-refractivity contribution in [3.8, 4) is 11.5 Å². The molecule has 4 rings (SSSR count). The summed E-state index contributed by atoms with van der Waals surface area (Å²) in [7, 11) is 0. The summed E-state index contributed by atoms with van der Waals surface area (Å²) >= 11 is 0. The van der Waals surface area contributed by atoms with Gasteiger partial charge in [0.05, 0.1) is 5.56 Å². The maximum absolute atomic E-state index is 14.6. The Labute approximate surface area is 156 Å². The smallest absolute Gasteiger partial charge is 0.432 e. The molecule has 5 nitrogen and oxygen atoms in total. The number of rotatable bonds is 5. The molecule has 0 N–H and O–H groups in total. The van der Waals surface area contributed by atoms with E-state index in [2.05, 4.69) is 15.2 Å². The Morgan fingerprint density at radius 3 is 2.61 bits per heavy atom. The Hall–Kier alpha value is -3.23. The number of hydrogen-bond donors (Lipinski definition) is 0. The summed E-state index contributed by atoms with van der Waals surface area (Å²) in [6.45, 7) is 0. The zero-order valence-electron chi connectivity index (χ0n) is 14.3. The van der Waals surface area contributed by atoms with Gasteiger partial charge in [-0.1, -0.05) is 30.3 Å². The minimum Gasteiger partial charge on any atom is -0.432 e. The van der Waals surface area contributed by atoms with Gasteiger partial charge in [0.2, 0.25) is 5.89 Å². The quantitative estimate of drug-likeness (QED) is 0.623. The standard InChI is InChI=1S/C19H13F4N3O2/c20-16(21)18-26-25-17(27-18)12-8-9-15(24-10-12)19(22,23)28-14-7-3-5-11-4-1-2-6-13(11)14/h1-2,4-6,8-10,16H,3,7H2. The number of nitrogens with zero attached hydrogens (tertiary/aromatic N) is 3. The predicted octanol–water partition coefficient (Wildman–Crippen LogP) is 3.52. The Morgan fingerprint density at radius 1 is 1.07 bits per heavy atom. The van der Waals surface area contributed by atoms with Gasteiger partial charge in [0, 0.05) is 17.8 Å². The highest BCUT2D eigenvalue weighted by Gasteiger charge is 2.37. The molecule has 0 unspecified atom stereocenters. The summed E-state index contributed by atoms with van der Waals surface area (Å²) in [5.74, 6) is -0.894. The lowest BCUT2D eigenvalue weighted by Gasteiger charge is -2.21. The van der Waals surface area contributed by atoms with Crippen LogP contribution in [0, 0.1) is 0 Å². The zero-order valence-corrected chi connectivity index (χ0v) is 14.3. The van der Waals surface area contributed by atoms with E-state index in [0.717, 1.165) is 17.5 Å². The average molecular weight is 391 g/mol. The van der Waals surface area contributed by atoms with Gasteiger partial charge in [-0.15, -0.1) is 10.2 Å². The first-order chi connectivity index (χ1) is 13.4. The second kappa shape index (κ2) is 7.06. The predicted molar refractivity (Wildman–Crippen MR) is 90.3 cm³/mol. The van der Waals surface area contributed by atoms with Crippen molar-refractivity contribution in [3.05, 3.63) is 64.6 Å². The van der Waals surface area contributed by atoms with Crippen molar-refractivity contribution < 1.29 is 26.7 Å². The lowest BCUT2D eigenvalue weighted by molar-refractivity contribution is -0.210. The zero-order chi connectivity index (χ0) is 19.7. The van der Waals surface area contributed by atoms with E-state index in [4.69, 9.17) is 9.15 Å². The van der Waals surface area contributed by atoms with E-state index in [1.54, 1.807) is 12.1 Å². The van der Waals surface area contributed by atoms with Crippen LogP contribution in [0.15, 0.2) is 47.0 Å². The van der Waals surface area contributed by atoms with Crippen LogP contribution in [0.5, 0.6) is 0 Å². The van der Waals surface area contributed by atoms with Gasteiger partial charge in [0.1, 0.15) is 5.76 Å². The van der Waals surface area contributed by atoms with Crippen LogP contribution in [-0.4, -0.2) is 15.2 Å². The summed E-state index contributed by atoms with van der Waals surface area (Å²) in [6, 6.07) is 9.40. The lowest BCUT2D eigenvalue weighted by Crippen LogP contribution is -2.32. The minimum atomic E-state index is -3.67. The van der Waals surface area contributed by atoms with Gasteiger partial charge < -0.3 is 9.15 Å². The molecular formula is C19H13F4N3O2. The first-order valence-electron chi connectivity index (χ1n) is 8.38. The van der Waals surface area contributed by atoms with Crippen molar-refractivity contribution in [2.24, 2.45) is 0 Å². The minimum absolute atomic E-state index is 0.143. The van der Waals surface area contributed by atoms with Crippen molar-refractivity contribution in [2.75, 3.05) is 0 Å². The second-order valence-corrected chi connectivity index (χ2v) is 6.05. The van der Waals surface area contributed by atoms with Crippen LogP contribution in [-0.2, 0) is 10.8 Å². The highest BCUT2D eigenvalue weighted by atomic mass is 19.3. The van der Waals surface area contributed by atoms with Gasteiger partial charge in [0.15, 0.2) is 5.69 Å². The van der Waals surface area contributed by atoms with Crippen molar-refractivity contribution >= 4 is 11.8 Å². The number of halogens is 4. The van der Waals surface area contributed by atoms with E-state index in [0.29, 0.717) is 18.1 Å². The number of benzene rings is 1. The molecule has 0 saturated heterocycles. The number of fused-ring (bicyclic) bond motifs is 1. The largest absolute Gasteiger partial charge is 0.443 e. The van der Waals surface area contributed by atoms with Gasteiger partial charge >= 0.3 is 12.5 Å². The molecule has 9 heteroatoms. The van der Waals surface area contributed by atoms with Crippen molar-refractivity contribution in [1.82, 2.24) is 15.2 Å². The SMILES string of the molecule is FC(F)c1nnc(-c2ccc(C(F)(F)OC3=c4ccccc4=CCC3)nc2)o1. The molecule has 0 aliphatic heterocycles. The molecule has 3 aromatic rings. The first kappa shape index (κ1) is 18.1. The average Bonchev–Trinajstić information content (AvgIpc) is 3.19. The Balaban J connectivity index is 1.60. The van der Waals surface area contributed by atoms with Gasteiger partial charge in [-0.25, -0.2) is 4.98 Å². The highest BCUT2D eigenvalue weighted by molar-refractivity contribution is 5.51. The summed E-state index contributed by atoms with van der Waals surface area (Å²) < 4.78 is 64.1.